The third-order valence-corrected chi connectivity index (χ3v) is 3.49. The topological polar surface area (TPSA) is 60.0 Å². The first-order valence-electron chi connectivity index (χ1n) is 5.87. The lowest BCUT2D eigenvalue weighted by molar-refractivity contribution is 0.756. The summed E-state index contributed by atoms with van der Waals surface area (Å²) < 4.78 is 4.47. The molecule has 3 aromatic heterocycles. The maximum absolute atomic E-state index is 4.43. The Kier molecular flexibility index (Phi) is 2.98. The van der Waals surface area contributed by atoms with E-state index in [2.05, 4.69) is 36.4 Å². The molecule has 0 aliphatic rings. The van der Waals surface area contributed by atoms with Crippen LogP contribution < -0.4 is 5.32 Å². The smallest absolute Gasteiger partial charge is 0.243 e. The molecular formula is C12H13BrN6. The fraction of sp³-hybridized carbons (Fsp3) is 0.250. The van der Waals surface area contributed by atoms with Crippen molar-refractivity contribution in [3.8, 4) is 0 Å². The van der Waals surface area contributed by atoms with Gasteiger partial charge >= 0.3 is 0 Å². The molecule has 7 heteroatoms. The minimum atomic E-state index is 0.607. The number of fused-ring (bicyclic) bond motifs is 1. The first kappa shape index (κ1) is 12.2. The van der Waals surface area contributed by atoms with Gasteiger partial charge in [0.25, 0.3) is 0 Å². The molecule has 0 amide bonds. The lowest BCUT2D eigenvalue weighted by atomic mass is 10.3. The van der Waals surface area contributed by atoms with Crippen LogP contribution in [0.1, 0.15) is 11.3 Å². The van der Waals surface area contributed by atoms with Gasteiger partial charge in [-0.2, -0.15) is 10.1 Å². The highest BCUT2D eigenvalue weighted by Gasteiger charge is 2.07. The fourth-order valence-corrected chi connectivity index (χ4v) is 2.37. The Morgan fingerprint density at radius 2 is 2.21 bits per heavy atom. The molecule has 0 fully saturated rings. The Morgan fingerprint density at radius 3 is 2.89 bits per heavy atom. The molecule has 98 valence electrons. The average molecular weight is 321 g/mol. The van der Waals surface area contributed by atoms with Gasteiger partial charge in [0, 0.05) is 31.5 Å². The number of hydrogen-bond acceptors (Lipinski definition) is 4. The van der Waals surface area contributed by atoms with Gasteiger partial charge < -0.3 is 5.32 Å². The molecular weight excluding hydrogens is 308 g/mol. The number of pyridine rings is 1. The second kappa shape index (κ2) is 4.65. The van der Waals surface area contributed by atoms with E-state index in [1.54, 1.807) is 9.20 Å². The molecule has 3 aromatic rings. The van der Waals surface area contributed by atoms with Crippen LogP contribution in [0.25, 0.3) is 5.65 Å². The summed E-state index contributed by atoms with van der Waals surface area (Å²) in [7, 11) is 1.91. The summed E-state index contributed by atoms with van der Waals surface area (Å²) in [5.74, 6) is 0.607. The Morgan fingerprint density at radius 1 is 1.37 bits per heavy atom. The van der Waals surface area contributed by atoms with Crippen LogP contribution in [0.2, 0.25) is 0 Å². The van der Waals surface area contributed by atoms with Crippen LogP contribution in [0, 0.1) is 6.92 Å². The average Bonchev–Trinajstić information content (AvgIpc) is 2.91. The lowest BCUT2D eigenvalue weighted by Crippen LogP contribution is -2.01. The highest BCUT2D eigenvalue weighted by Crippen LogP contribution is 2.17. The molecule has 3 rings (SSSR count). The minimum absolute atomic E-state index is 0.607. The van der Waals surface area contributed by atoms with Crippen molar-refractivity contribution in [2.24, 2.45) is 7.05 Å². The van der Waals surface area contributed by atoms with Crippen LogP contribution in [0.3, 0.4) is 0 Å². The van der Waals surface area contributed by atoms with E-state index in [-0.39, 0.29) is 0 Å². The molecule has 6 nitrogen and oxygen atoms in total. The standard InChI is InChI=1S/C12H13BrN6/c1-8-9(7-18(2)16-8)6-14-12-15-11-10(13)4-3-5-19(11)17-12/h3-5,7H,6H2,1-2H3,(H,14,17). The molecule has 0 bridgehead atoms. The van der Waals surface area contributed by atoms with Crippen LogP contribution in [-0.4, -0.2) is 24.4 Å². The lowest BCUT2D eigenvalue weighted by Gasteiger charge is -1.98. The molecule has 0 spiro atoms. The van der Waals surface area contributed by atoms with Gasteiger partial charge in [0.1, 0.15) is 0 Å². The highest BCUT2D eigenvalue weighted by molar-refractivity contribution is 9.10. The van der Waals surface area contributed by atoms with E-state index in [4.69, 9.17) is 0 Å². The van der Waals surface area contributed by atoms with Gasteiger partial charge in [0.2, 0.25) is 5.95 Å². The first-order valence-corrected chi connectivity index (χ1v) is 6.66. The van der Waals surface area contributed by atoms with Gasteiger partial charge in [-0.05, 0) is 35.0 Å². The second-order valence-electron chi connectivity index (χ2n) is 4.33. The number of nitrogens with one attached hydrogen (secondary N) is 1. The van der Waals surface area contributed by atoms with Crippen molar-refractivity contribution in [1.82, 2.24) is 24.4 Å². The maximum atomic E-state index is 4.43. The molecule has 0 unspecified atom stereocenters. The quantitative estimate of drug-likeness (QED) is 0.803. The van der Waals surface area contributed by atoms with E-state index in [1.165, 1.54) is 0 Å². The van der Waals surface area contributed by atoms with E-state index >= 15 is 0 Å². The Bertz CT molecular complexity index is 729. The largest absolute Gasteiger partial charge is 0.349 e. The molecule has 1 N–H and O–H groups in total. The monoisotopic (exact) mass is 320 g/mol. The maximum Gasteiger partial charge on any atom is 0.243 e. The Balaban J connectivity index is 1.82. The molecule has 0 aliphatic heterocycles. The number of nitrogens with zero attached hydrogens (tertiary/aromatic N) is 5. The number of aromatic nitrogens is 5. The number of anilines is 1. The highest BCUT2D eigenvalue weighted by atomic mass is 79.9. The molecule has 3 heterocycles. The molecule has 0 saturated carbocycles. The number of hydrogen-bond donors (Lipinski definition) is 1. The number of halogens is 1. The first-order chi connectivity index (χ1) is 9.13. The fourth-order valence-electron chi connectivity index (χ4n) is 1.95. The summed E-state index contributed by atoms with van der Waals surface area (Å²) >= 11 is 3.46. The van der Waals surface area contributed by atoms with Crippen molar-refractivity contribution in [3.05, 3.63) is 40.3 Å². The summed E-state index contributed by atoms with van der Waals surface area (Å²) in [6.07, 6.45) is 3.86. The van der Waals surface area contributed by atoms with E-state index < -0.39 is 0 Å². The van der Waals surface area contributed by atoms with Crippen molar-refractivity contribution in [2.75, 3.05) is 5.32 Å². The molecule has 0 radical (unpaired) electrons. The van der Waals surface area contributed by atoms with Gasteiger partial charge in [-0.25, -0.2) is 4.52 Å². The van der Waals surface area contributed by atoms with Gasteiger partial charge in [-0.1, -0.05) is 0 Å². The molecule has 19 heavy (non-hydrogen) atoms. The summed E-state index contributed by atoms with van der Waals surface area (Å²) in [4.78, 5) is 4.43. The van der Waals surface area contributed by atoms with Crippen LogP contribution in [0.5, 0.6) is 0 Å². The third-order valence-electron chi connectivity index (χ3n) is 2.87. The summed E-state index contributed by atoms with van der Waals surface area (Å²) in [6.45, 7) is 2.65. The molecule has 0 atom stereocenters. The zero-order chi connectivity index (χ0) is 13.4. The zero-order valence-electron chi connectivity index (χ0n) is 10.6. The predicted molar refractivity (Wildman–Crippen MR) is 76.0 cm³/mol. The van der Waals surface area contributed by atoms with E-state index in [1.807, 2.05) is 38.5 Å². The van der Waals surface area contributed by atoms with E-state index in [0.717, 1.165) is 21.4 Å². The Labute approximate surface area is 118 Å². The van der Waals surface area contributed by atoms with Crippen LogP contribution >= 0.6 is 15.9 Å². The van der Waals surface area contributed by atoms with Gasteiger partial charge in [-0.3, -0.25) is 4.68 Å². The SMILES string of the molecule is Cc1nn(C)cc1CNc1nc2c(Br)cccn2n1. The molecule has 0 aliphatic carbocycles. The number of rotatable bonds is 3. The summed E-state index contributed by atoms with van der Waals surface area (Å²) in [6, 6.07) is 3.86. The predicted octanol–water partition coefficient (Wildman–Crippen LogP) is 2.15. The van der Waals surface area contributed by atoms with E-state index in [9.17, 15) is 0 Å². The summed E-state index contributed by atoms with van der Waals surface area (Å²) in [5.41, 5.74) is 2.95. The van der Waals surface area contributed by atoms with Crippen molar-refractivity contribution in [1.29, 1.82) is 0 Å². The van der Waals surface area contributed by atoms with E-state index in [0.29, 0.717) is 12.5 Å². The Hall–Kier alpha value is -1.89. The zero-order valence-corrected chi connectivity index (χ0v) is 12.2. The second-order valence-corrected chi connectivity index (χ2v) is 5.18. The van der Waals surface area contributed by atoms with Gasteiger partial charge in [0.15, 0.2) is 5.65 Å². The van der Waals surface area contributed by atoms with Crippen LogP contribution in [0.4, 0.5) is 5.95 Å². The normalized spacial score (nSPS) is 11.1. The van der Waals surface area contributed by atoms with Crippen molar-refractivity contribution >= 4 is 27.5 Å². The van der Waals surface area contributed by atoms with Crippen molar-refractivity contribution < 1.29 is 0 Å². The van der Waals surface area contributed by atoms with Crippen LogP contribution in [0.15, 0.2) is 29.0 Å². The third kappa shape index (κ3) is 2.33. The number of aryl methyl sites for hydroxylation is 2. The van der Waals surface area contributed by atoms with Crippen LogP contribution in [-0.2, 0) is 13.6 Å². The molecule has 0 aromatic carbocycles. The van der Waals surface area contributed by atoms with Gasteiger partial charge in [0.05, 0.1) is 10.2 Å². The van der Waals surface area contributed by atoms with Gasteiger partial charge in [-0.15, -0.1) is 5.10 Å². The summed E-state index contributed by atoms with van der Waals surface area (Å²) in [5, 5.41) is 11.9. The minimum Gasteiger partial charge on any atom is -0.349 e. The van der Waals surface area contributed by atoms with Crippen molar-refractivity contribution in [2.45, 2.75) is 13.5 Å². The molecule has 0 saturated heterocycles. The van der Waals surface area contributed by atoms with Crippen molar-refractivity contribution in [3.63, 3.8) is 0 Å².